The third kappa shape index (κ3) is 10.7. The Morgan fingerprint density at radius 1 is 0.509 bits per heavy atom. The standard InChI is InChI=1S/C38H69NO18/c1-19-25(39-22-14-20(16-41-2)21(15-40)26(44-5)27(22)45-6)30(46-7)33(49-10)37(53-19)56-29-24(18-43-4)55-38(35(51-12)32(29)48-9)57-28-23(17-42-3)54-36(52-13)34(50-11)31(28)47-8/h14,19,21-40H,15-18H2,1-13H3/t19?,21-,22+,23?,24?,25-,26-,27?,28-,29-,30-,31-,32-,33?,34?,35?,36?,37-,38-/m0/s1. The van der Waals surface area contributed by atoms with Crippen molar-refractivity contribution in [1.29, 1.82) is 0 Å². The maximum absolute atomic E-state index is 10.3. The lowest BCUT2D eigenvalue weighted by Crippen LogP contribution is -2.69. The van der Waals surface area contributed by atoms with Crippen molar-refractivity contribution in [2.24, 2.45) is 5.92 Å². The highest BCUT2D eigenvalue weighted by molar-refractivity contribution is 5.22. The molecule has 19 heteroatoms. The van der Waals surface area contributed by atoms with Gasteiger partial charge in [0, 0.05) is 91.2 Å². The van der Waals surface area contributed by atoms with Crippen LogP contribution in [0.25, 0.3) is 0 Å². The molecule has 8 unspecified atom stereocenters. The molecule has 4 aliphatic rings. The van der Waals surface area contributed by atoms with E-state index < -0.39 is 104 Å². The fourth-order valence-corrected chi connectivity index (χ4v) is 8.77. The van der Waals surface area contributed by atoms with Crippen molar-refractivity contribution in [3.8, 4) is 0 Å². The molecule has 3 heterocycles. The predicted octanol–water partition coefficient (Wildman–Crippen LogP) is -0.468. The normalized spacial score (nSPS) is 42.9. The van der Waals surface area contributed by atoms with Crippen LogP contribution >= 0.6 is 0 Å². The number of aliphatic hydroxyl groups excluding tert-OH is 1. The SMILES string of the molecule is COCC1=C[C@@H](N[C@H]2C(C)O[C@@H](O[C@H]3C(COC)O[C@@H](O[C@H]4C(COC)OC(OC)C(OC)[C@H]4OC)C(OC)[C@H]3OC)C(OC)[C@H]2OC)C(OC)[C@@H](OC)[C@H]1CO. The van der Waals surface area contributed by atoms with E-state index in [4.69, 9.17) is 80.5 Å². The molecular weight excluding hydrogens is 758 g/mol. The fourth-order valence-electron chi connectivity index (χ4n) is 8.77. The summed E-state index contributed by atoms with van der Waals surface area (Å²) in [5.41, 5.74) is 0.892. The molecule has 0 aromatic rings. The van der Waals surface area contributed by atoms with Gasteiger partial charge in [0.25, 0.3) is 0 Å². The second-order valence-corrected chi connectivity index (χ2v) is 14.4. The molecule has 3 saturated heterocycles. The number of hydrogen-bond acceptors (Lipinski definition) is 19. The second-order valence-electron chi connectivity index (χ2n) is 14.4. The minimum absolute atomic E-state index is 0.104. The van der Waals surface area contributed by atoms with E-state index in [1.54, 1.807) is 71.1 Å². The predicted molar refractivity (Wildman–Crippen MR) is 200 cm³/mol. The number of nitrogens with one attached hydrogen (secondary N) is 1. The van der Waals surface area contributed by atoms with Crippen LogP contribution in [0.2, 0.25) is 0 Å². The summed E-state index contributed by atoms with van der Waals surface area (Å²) in [7, 11) is 18.9. The Kier molecular flexibility index (Phi) is 20.3. The fraction of sp³-hybridized carbons (Fsp3) is 0.947. The van der Waals surface area contributed by atoms with Gasteiger partial charge in [-0.1, -0.05) is 6.08 Å². The molecule has 0 spiro atoms. The van der Waals surface area contributed by atoms with Gasteiger partial charge < -0.3 is 90.9 Å². The first kappa shape index (κ1) is 48.6. The zero-order chi connectivity index (χ0) is 41.8. The van der Waals surface area contributed by atoms with E-state index in [2.05, 4.69) is 5.32 Å². The topological polar surface area (TPSA) is 189 Å². The molecule has 19 atom stereocenters. The monoisotopic (exact) mass is 827 g/mol. The maximum Gasteiger partial charge on any atom is 0.187 e. The third-order valence-electron chi connectivity index (χ3n) is 11.5. The highest BCUT2D eigenvalue weighted by Crippen LogP contribution is 2.37. The van der Waals surface area contributed by atoms with Gasteiger partial charge in [-0.25, -0.2) is 0 Å². The molecule has 2 N–H and O–H groups in total. The molecule has 19 nitrogen and oxygen atoms in total. The summed E-state index contributed by atoms with van der Waals surface area (Å²) in [6.07, 6.45) is -9.06. The first-order chi connectivity index (χ1) is 27.6. The molecule has 0 aromatic carbocycles. The van der Waals surface area contributed by atoms with Crippen molar-refractivity contribution in [2.75, 3.05) is 112 Å². The van der Waals surface area contributed by atoms with E-state index in [9.17, 15) is 5.11 Å². The Hall–Kier alpha value is -1.02. The van der Waals surface area contributed by atoms with Crippen molar-refractivity contribution in [1.82, 2.24) is 5.32 Å². The van der Waals surface area contributed by atoms with Gasteiger partial charge in [-0.15, -0.1) is 0 Å². The van der Waals surface area contributed by atoms with E-state index >= 15 is 0 Å². The Balaban J connectivity index is 1.60. The summed E-state index contributed by atoms with van der Waals surface area (Å²) < 4.78 is 103. The van der Waals surface area contributed by atoms with Crippen LogP contribution in [-0.4, -0.2) is 227 Å². The molecule has 3 fully saturated rings. The average Bonchev–Trinajstić information content (AvgIpc) is 3.22. The molecule has 57 heavy (non-hydrogen) atoms. The van der Waals surface area contributed by atoms with E-state index in [0.29, 0.717) is 6.61 Å². The summed E-state index contributed by atoms with van der Waals surface area (Å²) in [5.74, 6) is -0.303. The molecule has 4 rings (SSSR count). The van der Waals surface area contributed by atoms with Crippen molar-refractivity contribution in [2.45, 2.75) is 117 Å². The third-order valence-corrected chi connectivity index (χ3v) is 11.5. The minimum atomic E-state index is -1.01. The number of ether oxygens (including phenoxy) is 17. The highest BCUT2D eigenvalue weighted by Gasteiger charge is 2.56. The molecular formula is C38H69NO18. The summed E-state index contributed by atoms with van der Waals surface area (Å²) in [6.45, 7) is 2.40. The molecule has 3 aliphatic heterocycles. The Labute approximate surface area is 337 Å². The maximum atomic E-state index is 10.3. The van der Waals surface area contributed by atoms with Crippen LogP contribution in [-0.2, 0) is 80.5 Å². The zero-order valence-electron chi connectivity index (χ0n) is 35.8. The summed E-state index contributed by atoms with van der Waals surface area (Å²) >= 11 is 0. The van der Waals surface area contributed by atoms with Crippen molar-refractivity contribution in [3.05, 3.63) is 11.6 Å². The molecule has 334 valence electrons. The summed E-state index contributed by atoms with van der Waals surface area (Å²) in [6, 6.07) is -0.770. The number of methoxy groups -OCH3 is 12. The largest absolute Gasteiger partial charge is 0.396 e. The van der Waals surface area contributed by atoms with Gasteiger partial charge in [-0.3, -0.25) is 0 Å². The molecule has 0 saturated carbocycles. The molecule has 1 aliphatic carbocycles. The lowest BCUT2D eigenvalue weighted by atomic mass is 9.80. The van der Waals surface area contributed by atoms with Crippen LogP contribution in [0, 0.1) is 5.92 Å². The van der Waals surface area contributed by atoms with Gasteiger partial charge in [0.05, 0.1) is 50.7 Å². The van der Waals surface area contributed by atoms with Crippen molar-refractivity contribution >= 4 is 0 Å². The molecule has 0 amide bonds. The first-order valence-electron chi connectivity index (χ1n) is 19.2. The quantitative estimate of drug-likeness (QED) is 0.133. The summed E-state index contributed by atoms with van der Waals surface area (Å²) in [4.78, 5) is 0. The lowest BCUT2D eigenvalue weighted by Gasteiger charge is -2.51. The Morgan fingerprint density at radius 3 is 1.40 bits per heavy atom. The van der Waals surface area contributed by atoms with Crippen LogP contribution in [0.15, 0.2) is 11.6 Å². The van der Waals surface area contributed by atoms with Crippen molar-refractivity contribution in [3.63, 3.8) is 0 Å². The lowest BCUT2D eigenvalue weighted by molar-refractivity contribution is -0.381. The van der Waals surface area contributed by atoms with Gasteiger partial charge >= 0.3 is 0 Å². The number of aliphatic hydroxyl groups is 1. The minimum Gasteiger partial charge on any atom is -0.396 e. The summed E-state index contributed by atoms with van der Waals surface area (Å²) in [5, 5.41) is 14.0. The van der Waals surface area contributed by atoms with Crippen LogP contribution in [0.4, 0.5) is 0 Å². The van der Waals surface area contributed by atoms with E-state index in [-0.39, 0.29) is 31.8 Å². The number of rotatable bonds is 22. The van der Waals surface area contributed by atoms with E-state index in [1.807, 2.05) is 13.0 Å². The van der Waals surface area contributed by atoms with Gasteiger partial charge in [0.2, 0.25) is 0 Å². The van der Waals surface area contributed by atoms with Crippen LogP contribution < -0.4 is 5.32 Å². The smallest absolute Gasteiger partial charge is 0.187 e. The van der Waals surface area contributed by atoms with Crippen LogP contribution in [0.1, 0.15) is 6.92 Å². The number of hydrogen-bond donors (Lipinski definition) is 2. The van der Waals surface area contributed by atoms with Gasteiger partial charge in [0.1, 0.15) is 67.1 Å². The Morgan fingerprint density at radius 2 is 0.965 bits per heavy atom. The van der Waals surface area contributed by atoms with Gasteiger partial charge in [-0.2, -0.15) is 0 Å². The van der Waals surface area contributed by atoms with E-state index in [1.165, 1.54) is 14.2 Å². The van der Waals surface area contributed by atoms with E-state index in [0.717, 1.165) is 5.57 Å². The van der Waals surface area contributed by atoms with Gasteiger partial charge in [0.15, 0.2) is 18.9 Å². The van der Waals surface area contributed by atoms with Gasteiger partial charge in [-0.05, 0) is 12.5 Å². The van der Waals surface area contributed by atoms with Crippen molar-refractivity contribution < 1.29 is 85.6 Å². The van der Waals surface area contributed by atoms with Crippen LogP contribution in [0.5, 0.6) is 0 Å². The zero-order valence-corrected chi connectivity index (χ0v) is 35.8. The average molecular weight is 828 g/mol. The first-order valence-corrected chi connectivity index (χ1v) is 19.2. The van der Waals surface area contributed by atoms with Crippen LogP contribution in [0.3, 0.4) is 0 Å². The molecule has 0 bridgehead atoms. The Bertz CT molecular complexity index is 1170. The molecule has 0 aromatic heterocycles. The molecule has 0 radical (unpaired) electrons. The second kappa shape index (κ2) is 23.8. The highest BCUT2D eigenvalue weighted by atomic mass is 16.8.